The van der Waals surface area contributed by atoms with Crippen molar-refractivity contribution in [1.82, 2.24) is 10.3 Å². The first-order valence-corrected chi connectivity index (χ1v) is 6.60. The molecule has 4 nitrogen and oxygen atoms in total. The van der Waals surface area contributed by atoms with Crippen LogP contribution >= 0.6 is 0 Å². The summed E-state index contributed by atoms with van der Waals surface area (Å²) < 4.78 is 5.53. The summed E-state index contributed by atoms with van der Waals surface area (Å²) in [6, 6.07) is 13.4. The van der Waals surface area contributed by atoms with Gasteiger partial charge >= 0.3 is 0 Å². The van der Waals surface area contributed by atoms with Gasteiger partial charge in [0, 0.05) is 6.20 Å². The normalized spacial score (nSPS) is 10.1. The van der Waals surface area contributed by atoms with Gasteiger partial charge in [0.1, 0.15) is 5.75 Å². The third-order valence-electron chi connectivity index (χ3n) is 2.78. The first-order chi connectivity index (χ1) is 9.74. The van der Waals surface area contributed by atoms with Crippen LogP contribution in [0.25, 0.3) is 0 Å². The van der Waals surface area contributed by atoms with Gasteiger partial charge in [-0.05, 0) is 36.8 Å². The molecule has 4 heteroatoms. The van der Waals surface area contributed by atoms with Crippen molar-refractivity contribution in [2.45, 2.75) is 19.9 Å². The largest absolute Gasteiger partial charge is 0.493 e. The summed E-state index contributed by atoms with van der Waals surface area (Å²) in [7, 11) is 0. The number of aryl methyl sites for hydroxylation is 1. The number of nitrogens with zero attached hydrogens (tertiary/aromatic N) is 1. The number of ether oxygens (including phenoxy) is 1. The Morgan fingerprint density at radius 2 is 2.15 bits per heavy atom. The smallest absolute Gasteiger partial charge is 0.223 e. The van der Waals surface area contributed by atoms with Crippen LogP contribution in [0.1, 0.15) is 17.7 Å². The lowest BCUT2D eigenvalue weighted by Crippen LogP contribution is -2.24. The molecule has 0 saturated carbocycles. The van der Waals surface area contributed by atoms with E-state index in [2.05, 4.69) is 10.3 Å². The molecule has 1 N–H and O–H groups in total. The monoisotopic (exact) mass is 270 g/mol. The number of carbonyl (C=O) groups is 1. The molecule has 20 heavy (non-hydrogen) atoms. The van der Waals surface area contributed by atoms with Crippen LogP contribution in [0.15, 0.2) is 48.7 Å². The fourth-order valence-corrected chi connectivity index (χ4v) is 1.75. The number of rotatable bonds is 6. The zero-order valence-electron chi connectivity index (χ0n) is 11.5. The van der Waals surface area contributed by atoms with E-state index in [1.165, 1.54) is 0 Å². The molecule has 0 aliphatic rings. The molecule has 2 aromatic rings. The number of hydrogen-bond donors (Lipinski definition) is 1. The van der Waals surface area contributed by atoms with Gasteiger partial charge in [-0.1, -0.05) is 18.2 Å². The minimum absolute atomic E-state index is 0.0386. The van der Waals surface area contributed by atoms with Gasteiger partial charge in [0.25, 0.3) is 0 Å². The minimum Gasteiger partial charge on any atom is -0.493 e. The highest BCUT2D eigenvalue weighted by molar-refractivity contribution is 5.75. The molecule has 0 radical (unpaired) electrons. The van der Waals surface area contributed by atoms with Crippen LogP contribution < -0.4 is 10.1 Å². The third-order valence-corrected chi connectivity index (χ3v) is 2.78. The molecule has 1 amide bonds. The van der Waals surface area contributed by atoms with Crippen molar-refractivity contribution in [3.05, 3.63) is 59.9 Å². The maximum atomic E-state index is 11.7. The van der Waals surface area contributed by atoms with Gasteiger partial charge in [0.05, 0.1) is 25.3 Å². The standard InChI is InChI=1S/C16H18N2O2/c1-13-5-4-7-15(11-13)20-10-8-16(19)18-12-14-6-2-3-9-17-14/h2-7,9,11H,8,10,12H2,1H3,(H,18,19). The lowest BCUT2D eigenvalue weighted by Gasteiger charge is -2.07. The first kappa shape index (κ1) is 14.1. The van der Waals surface area contributed by atoms with Gasteiger partial charge in [-0.2, -0.15) is 0 Å². The van der Waals surface area contributed by atoms with Gasteiger partial charge in [0.15, 0.2) is 0 Å². The van der Waals surface area contributed by atoms with E-state index in [1.807, 2.05) is 49.4 Å². The molecule has 0 atom stereocenters. The van der Waals surface area contributed by atoms with E-state index in [4.69, 9.17) is 4.74 Å². The van der Waals surface area contributed by atoms with E-state index in [0.29, 0.717) is 19.6 Å². The molecule has 0 saturated heterocycles. The number of pyridine rings is 1. The predicted molar refractivity (Wildman–Crippen MR) is 77.4 cm³/mol. The molecular formula is C16H18N2O2. The lowest BCUT2D eigenvalue weighted by atomic mass is 10.2. The molecule has 0 unspecified atom stereocenters. The molecule has 1 heterocycles. The quantitative estimate of drug-likeness (QED) is 0.877. The van der Waals surface area contributed by atoms with E-state index < -0.39 is 0 Å². The van der Waals surface area contributed by atoms with Crippen molar-refractivity contribution in [3.8, 4) is 5.75 Å². The zero-order valence-corrected chi connectivity index (χ0v) is 11.5. The summed E-state index contributed by atoms with van der Waals surface area (Å²) in [5, 5.41) is 2.82. The molecule has 2 rings (SSSR count). The Hall–Kier alpha value is -2.36. The Bertz CT molecular complexity index is 555. The first-order valence-electron chi connectivity index (χ1n) is 6.60. The van der Waals surface area contributed by atoms with Crippen molar-refractivity contribution in [1.29, 1.82) is 0 Å². The second kappa shape index (κ2) is 7.28. The van der Waals surface area contributed by atoms with Gasteiger partial charge in [-0.25, -0.2) is 0 Å². The molecule has 0 bridgehead atoms. The topological polar surface area (TPSA) is 51.2 Å². The van der Waals surface area contributed by atoms with Crippen LogP contribution in [0.2, 0.25) is 0 Å². The van der Waals surface area contributed by atoms with E-state index in [9.17, 15) is 4.79 Å². The number of amides is 1. The van der Waals surface area contributed by atoms with Crippen molar-refractivity contribution in [2.75, 3.05) is 6.61 Å². The van der Waals surface area contributed by atoms with Gasteiger partial charge in [-0.15, -0.1) is 0 Å². The van der Waals surface area contributed by atoms with E-state index in [1.54, 1.807) is 6.20 Å². The van der Waals surface area contributed by atoms with Crippen molar-refractivity contribution in [2.24, 2.45) is 0 Å². The number of hydrogen-bond acceptors (Lipinski definition) is 3. The molecule has 1 aromatic heterocycles. The fraction of sp³-hybridized carbons (Fsp3) is 0.250. The zero-order chi connectivity index (χ0) is 14.2. The molecule has 0 aliphatic carbocycles. The highest BCUT2D eigenvalue weighted by atomic mass is 16.5. The van der Waals surface area contributed by atoms with Crippen molar-refractivity contribution in [3.63, 3.8) is 0 Å². The second-order valence-electron chi connectivity index (χ2n) is 4.51. The van der Waals surface area contributed by atoms with Gasteiger partial charge in [0.2, 0.25) is 5.91 Å². The van der Waals surface area contributed by atoms with E-state index in [-0.39, 0.29) is 5.91 Å². The van der Waals surface area contributed by atoms with Crippen LogP contribution in [-0.4, -0.2) is 17.5 Å². The molecule has 0 aliphatic heterocycles. The number of aromatic nitrogens is 1. The summed E-state index contributed by atoms with van der Waals surface area (Å²) >= 11 is 0. The van der Waals surface area contributed by atoms with Gasteiger partial charge in [-0.3, -0.25) is 9.78 Å². The van der Waals surface area contributed by atoms with Crippen LogP contribution in [0.4, 0.5) is 0 Å². The Morgan fingerprint density at radius 3 is 2.90 bits per heavy atom. The summed E-state index contributed by atoms with van der Waals surface area (Å²) in [5.74, 6) is 0.755. The predicted octanol–water partition coefficient (Wildman–Crippen LogP) is 2.48. The number of benzene rings is 1. The SMILES string of the molecule is Cc1cccc(OCCC(=O)NCc2ccccn2)c1. The van der Waals surface area contributed by atoms with Crippen LogP contribution in [0.5, 0.6) is 5.75 Å². The highest BCUT2D eigenvalue weighted by Crippen LogP contribution is 2.12. The van der Waals surface area contributed by atoms with E-state index >= 15 is 0 Å². The Labute approximate surface area is 118 Å². The average molecular weight is 270 g/mol. The summed E-state index contributed by atoms with van der Waals surface area (Å²) in [6.45, 7) is 2.83. The maximum Gasteiger partial charge on any atom is 0.223 e. The molecule has 0 spiro atoms. The summed E-state index contributed by atoms with van der Waals surface area (Å²) in [4.78, 5) is 15.8. The van der Waals surface area contributed by atoms with Gasteiger partial charge < -0.3 is 10.1 Å². The molecular weight excluding hydrogens is 252 g/mol. The summed E-state index contributed by atoms with van der Waals surface area (Å²) in [6.07, 6.45) is 2.04. The molecule has 1 aromatic carbocycles. The molecule has 104 valence electrons. The van der Waals surface area contributed by atoms with Crippen molar-refractivity contribution < 1.29 is 9.53 Å². The second-order valence-corrected chi connectivity index (χ2v) is 4.51. The third kappa shape index (κ3) is 4.72. The molecule has 0 fully saturated rings. The van der Waals surface area contributed by atoms with E-state index in [0.717, 1.165) is 17.0 Å². The number of carbonyl (C=O) groups excluding carboxylic acids is 1. The Kier molecular flexibility index (Phi) is 5.12. The Morgan fingerprint density at radius 1 is 1.25 bits per heavy atom. The Balaban J connectivity index is 1.68. The van der Waals surface area contributed by atoms with Crippen molar-refractivity contribution >= 4 is 5.91 Å². The van der Waals surface area contributed by atoms with Crippen LogP contribution in [-0.2, 0) is 11.3 Å². The minimum atomic E-state index is -0.0386. The lowest BCUT2D eigenvalue weighted by molar-refractivity contribution is -0.121. The number of nitrogens with one attached hydrogen (secondary N) is 1. The fourth-order valence-electron chi connectivity index (χ4n) is 1.75. The summed E-state index contributed by atoms with van der Waals surface area (Å²) in [5.41, 5.74) is 1.99. The average Bonchev–Trinajstić information content (AvgIpc) is 2.46. The van der Waals surface area contributed by atoms with Crippen LogP contribution in [0, 0.1) is 6.92 Å². The van der Waals surface area contributed by atoms with Crippen LogP contribution in [0.3, 0.4) is 0 Å². The highest BCUT2D eigenvalue weighted by Gasteiger charge is 2.02. The maximum absolute atomic E-state index is 11.7.